The lowest BCUT2D eigenvalue weighted by molar-refractivity contribution is 0.874. The van der Waals surface area contributed by atoms with E-state index < -0.39 is 0 Å². The van der Waals surface area contributed by atoms with Gasteiger partial charge >= 0.3 is 0 Å². The highest BCUT2D eigenvalue weighted by molar-refractivity contribution is 5.32. The van der Waals surface area contributed by atoms with Crippen LogP contribution in [0.1, 0.15) is 28.3 Å². The number of H-pyrrole nitrogens is 1. The first kappa shape index (κ1) is 11.8. The van der Waals surface area contributed by atoms with Gasteiger partial charge in [-0.05, 0) is 31.5 Å². The molecule has 1 aromatic carbocycles. The van der Waals surface area contributed by atoms with Gasteiger partial charge in [-0.2, -0.15) is 5.10 Å². The molecule has 0 aliphatic heterocycles. The number of rotatable bonds is 4. The molecule has 0 amide bonds. The first-order chi connectivity index (χ1) is 8.19. The average Bonchev–Trinajstić information content (AvgIpc) is 2.72. The Morgan fingerprint density at radius 2 is 2.12 bits per heavy atom. The second kappa shape index (κ2) is 5.10. The molecule has 0 saturated carbocycles. The molecule has 0 fully saturated rings. The maximum atomic E-state index is 5.47. The first-order valence-corrected chi connectivity index (χ1v) is 5.85. The zero-order valence-electron chi connectivity index (χ0n) is 10.3. The van der Waals surface area contributed by atoms with Gasteiger partial charge in [0.05, 0.1) is 0 Å². The Morgan fingerprint density at radius 3 is 2.88 bits per heavy atom. The second-order valence-corrected chi connectivity index (χ2v) is 4.34. The summed E-state index contributed by atoms with van der Waals surface area (Å²) in [5.41, 5.74) is 9.32. The van der Waals surface area contributed by atoms with E-state index in [2.05, 4.69) is 47.2 Å². The van der Waals surface area contributed by atoms with Crippen LogP contribution in [-0.4, -0.2) is 21.7 Å². The van der Waals surface area contributed by atoms with Crippen LogP contribution in [0, 0.1) is 13.8 Å². The molecule has 3 N–H and O–H groups in total. The van der Waals surface area contributed by atoms with E-state index in [4.69, 9.17) is 5.73 Å². The number of aryl methyl sites for hydroxylation is 2. The minimum absolute atomic E-state index is 0.584. The number of aromatic nitrogens is 3. The molecule has 0 bridgehead atoms. The van der Waals surface area contributed by atoms with Gasteiger partial charge in [-0.3, -0.25) is 5.10 Å². The van der Waals surface area contributed by atoms with Crippen molar-refractivity contribution in [2.75, 3.05) is 6.54 Å². The van der Waals surface area contributed by atoms with Crippen LogP contribution in [0.25, 0.3) is 0 Å². The molecule has 4 nitrogen and oxygen atoms in total. The zero-order valence-corrected chi connectivity index (χ0v) is 10.3. The second-order valence-electron chi connectivity index (χ2n) is 4.34. The highest BCUT2D eigenvalue weighted by atomic mass is 15.2. The Kier molecular flexibility index (Phi) is 3.54. The zero-order chi connectivity index (χ0) is 12.3. The van der Waals surface area contributed by atoms with Crippen molar-refractivity contribution in [2.45, 2.75) is 26.7 Å². The van der Waals surface area contributed by atoms with Gasteiger partial charge in [-0.1, -0.05) is 23.8 Å². The Morgan fingerprint density at radius 1 is 1.29 bits per heavy atom. The maximum Gasteiger partial charge on any atom is 0.151 e. The summed E-state index contributed by atoms with van der Waals surface area (Å²) < 4.78 is 0. The molecule has 0 aliphatic carbocycles. The van der Waals surface area contributed by atoms with E-state index in [9.17, 15) is 0 Å². The highest BCUT2D eigenvalue weighted by Crippen LogP contribution is 2.13. The quantitative estimate of drug-likeness (QED) is 0.836. The number of benzene rings is 1. The normalized spacial score (nSPS) is 10.8. The molecular weight excluding hydrogens is 212 g/mol. The van der Waals surface area contributed by atoms with E-state index in [1.54, 1.807) is 0 Å². The number of nitrogens with one attached hydrogen (secondary N) is 1. The molecule has 4 heteroatoms. The number of nitrogens with zero attached hydrogens (tertiary/aromatic N) is 2. The van der Waals surface area contributed by atoms with E-state index in [0.717, 1.165) is 24.5 Å². The number of aromatic amines is 1. The summed E-state index contributed by atoms with van der Waals surface area (Å²) in [5.74, 6) is 1.70. The molecule has 0 spiro atoms. The van der Waals surface area contributed by atoms with Crippen molar-refractivity contribution < 1.29 is 0 Å². The maximum absolute atomic E-state index is 5.47. The number of hydrogen-bond donors (Lipinski definition) is 2. The molecule has 1 heterocycles. The third-order valence-electron chi connectivity index (χ3n) is 2.81. The lowest BCUT2D eigenvalue weighted by Crippen LogP contribution is -2.04. The first-order valence-electron chi connectivity index (χ1n) is 5.85. The summed E-state index contributed by atoms with van der Waals surface area (Å²) in [6.45, 7) is 4.80. The minimum Gasteiger partial charge on any atom is -0.330 e. The largest absolute Gasteiger partial charge is 0.330 e. The number of nitrogens with two attached hydrogens (primary N) is 1. The third-order valence-corrected chi connectivity index (χ3v) is 2.81. The van der Waals surface area contributed by atoms with Crippen molar-refractivity contribution in [1.82, 2.24) is 15.2 Å². The minimum atomic E-state index is 0.584. The molecular formula is C13H18N4. The van der Waals surface area contributed by atoms with Gasteiger partial charge in [-0.25, -0.2) is 4.98 Å². The van der Waals surface area contributed by atoms with E-state index >= 15 is 0 Å². The van der Waals surface area contributed by atoms with Gasteiger partial charge in [0.15, 0.2) is 5.82 Å². The highest BCUT2D eigenvalue weighted by Gasteiger charge is 2.05. The lowest BCUT2D eigenvalue weighted by Gasteiger charge is -2.04. The van der Waals surface area contributed by atoms with Crippen molar-refractivity contribution in [1.29, 1.82) is 0 Å². The van der Waals surface area contributed by atoms with Gasteiger partial charge in [-0.15, -0.1) is 0 Å². The summed E-state index contributed by atoms with van der Waals surface area (Å²) in [4.78, 5) is 4.42. The van der Waals surface area contributed by atoms with Crippen molar-refractivity contribution in [2.24, 2.45) is 5.73 Å². The van der Waals surface area contributed by atoms with E-state index in [1.165, 1.54) is 16.7 Å². The lowest BCUT2D eigenvalue weighted by atomic mass is 10.0. The molecule has 1 aromatic heterocycles. The molecule has 0 aliphatic rings. The molecule has 0 radical (unpaired) electrons. The average molecular weight is 230 g/mol. The summed E-state index contributed by atoms with van der Waals surface area (Å²) >= 11 is 0. The molecule has 90 valence electrons. The monoisotopic (exact) mass is 230 g/mol. The van der Waals surface area contributed by atoms with Gasteiger partial charge in [0.2, 0.25) is 0 Å². The fraction of sp³-hybridized carbons (Fsp3) is 0.385. The van der Waals surface area contributed by atoms with Crippen LogP contribution < -0.4 is 5.73 Å². The molecule has 0 unspecified atom stereocenters. The molecule has 2 rings (SSSR count). The summed E-state index contributed by atoms with van der Waals surface area (Å²) in [6.07, 6.45) is 1.52. The predicted molar refractivity (Wildman–Crippen MR) is 67.9 cm³/mol. The van der Waals surface area contributed by atoms with E-state index in [0.29, 0.717) is 6.54 Å². The number of hydrogen-bond acceptors (Lipinski definition) is 3. The topological polar surface area (TPSA) is 67.6 Å². The summed E-state index contributed by atoms with van der Waals surface area (Å²) in [6, 6.07) is 6.46. The fourth-order valence-corrected chi connectivity index (χ4v) is 1.83. The SMILES string of the molecule is Cc1ccc(C)c(Cc2nc(CCN)n[nH]2)c1. The summed E-state index contributed by atoms with van der Waals surface area (Å²) in [5, 5.41) is 7.11. The van der Waals surface area contributed by atoms with Crippen molar-refractivity contribution in [3.8, 4) is 0 Å². The Bertz CT molecular complexity index is 502. The van der Waals surface area contributed by atoms with Crippen LogP contribution in [0.15, 0.2) is 18.2 Å². The molecule has 0 atom stereocenters. The Balaban J connectivity index is 2.16. The van der Waals surface area contributed by atoms with E-state index in [1.807, 2.05) is 0 Å². The van der Waals surface area contributed by atoms with Gasteiger partial charge < -0.3 is 5.73 Å². The van der Waals surface area contributed by atoms with Gasteiger partial charge in [0.25, 0.3) is 0 Å². The van der Waals surface area contributed by atoms with Crippen LogP contribution in [0.3, 0.4) is 0 Å². The third kappa shape index (κ3) is 2.91. The van der Waals surface area contributed by atoms with Crippen LogP contribution in [0.4, 0.5) is 0 Å². The van der Waals surface area contributed by atoms with E-state index in [-0.39, 0.29) is 0 Å². The Hall–Kier alpha value is -1.68. The molecule has 17 heavy (non-hydrogen) atoms. The standard InChI is InChI=1S/C13H18N4/c1-9-3-4-10(2)11(7-9)8-13-15-12(5-6-14)16-17-13/h3-4,7H,5-6,8,14H2,1-2H3,(H,15,16,17). The van der Waals surface area contributed by atoms with Crippen LogP contribution in [0.5, 0.6) is 0 Å². The van der Waals surface area contributed by atoms with Gasteiger partial charge in [0, 0.05) is 12.8 Å². The predicted octanol–water partition coefficient (Wildman–Crippen LogP) is 1.51. The van der Waals surface area contributed by atoms with Gasteiger partial charge in [0.1, 0.15) is 5.82 Å². The van der Waals surface area contributed by atoms with Crippen LogP contribution in [-0.2, 0) is 12.8 Å². The van der Waals surface area contributed by atoms with Crippen molar-refractivity contribution in [3.05, 3.63) is 46.5 Å². The molecule has 0 saturated heterocycles. The van der Waals surface area contributed by atoms with Crippen molar-refractivity contribution >= 4 is 0 Å². The smallest absolute Gasteiger partial charge is 0.151 e. The van der Waals surface area contributed by atoms with Crippen molar-refractivity contribution in [3.63, 3.8) is 0 Å². The summed E-state index contributed by atoms with van der Waals surface area (Å²) in [7, 11) is 0. The Labute approximate surface area is 101 Å². The van der Waals surface area contributed by atoms with Crippen LogP contribution in [0.2, 0.25) is 0 Å². The fourth-order valence-electron chi connectivity index (χ4n) is 1.83. The van der Waals surface area contributed by atoms with Crippen LogP contribution >= 0.6 is 0 Å². The molecule has 2 aromatic rings.